The highest BCUT2D eigenvalue weighted by Gasteiger charge is 2.37. The average molecular weight is 525 g/mol. The Bertz CT molecular complexity index is 914. The van der Waals surface area contributed by atoms with Gasteiger partial charge in [-0.25, -0.2) is 0 Å². The van der Waals surface area contributed by atoms with E-state index in [1.54, 1.807) is 17.0 Å². The smallest absolute Gasteiger partial charge is 0.294 e. The number of likely N-dealkylation sites (tertiary alicyclic amines) is 1. The van der Waals surface area contributed by atoms with E-state index in [9.17, 15) is 14.4 Å². The summed E-state index contributed by atoms with van der Waals surface area (Å²) in [4.78, 5) is 40.9. The first-order valence-electron chi connectivity index (χ1n) is 11.0. The predicted molar refractivity (Wildman–Crippen MR) is 129 cm³/mol. The number of halogens is 1. The summed E-state index contributed by atoms with van der Waals surface area (Å²) in [6.45, 7) is 7.53. The van der Waals surface area contributed by atoms with Gasteiger partial charge in [0.1, 0.15) is 6.54 Å². The molecule has 3 amide bonds. The number of rotatable bonds is 8. The summed E-state index contributed by atoms with van der Waals surface area (Å²) in [5.74, 6) is 0.548. The Hall–Kier alpha value is -2.00. The van der Waals surface area contributed by atoms with Crippen LogP contribution in [0.5, 0.6) is 11.5 Å². The summed E-state index contributed by atoms with van der Waals surface area (Å²) in [5, 5.41) is -0.424. The molecule has 0 unspecified atom stereocenters. The van der Waals surface area contributed by atoms with E-state index in [1.165, 1.54) is 0 Å². The maximum Gasteiger partial charge on any atom is 0.294 e. The minimum atomic E-state index is -0.445. The third kappa shape index (κ3) is 5.86. The number of hydrogen-bond donors (Lipinski definition) is 0. The molecule has 0 spiro atoms. The first-order valence-corrected chi connectivity index (χ1v) is 12.6. The van der Waals surface area contributed by atoms with Crippen molar-refractivity contribution in [2.45, 2.75) is 52.6 Å². The number of carbonyl (C=O) groups excluding carboxylic acids is 3. The number of thioether (sulfide) groups is 1. The molecule has 3 rings (SSSR count). The Morgan fingerprint density at radius 2 is 1.94 bits per heavy atom. The molecule has 174 valence electrons. The maximum atomic E-state index is 12.9. The fourth-order valence-corrected chi connectivity index (χ4v) is 4.89. The normalized spacial score (nSPS) is 18.9. The highest BCUT2D eigenvalue weighted by atomic mass is 79.9. The standard InChI is InChI=1S/C23H29BrN2O5S/c1-4-15(3)31-21-17(24)11-16(12-18(21)30-5-2)13-19-22(28)26(23(29)32-19)14-20(27)25-9-7-6-8-10-25/h11-13,15H,4-10,14H2,1-3H3/b19-13-/t15-/m1/s1. The van der Waals surface area contributed by atoms with E-state index in [4.69, 9.17) is 9.47 Å². The van der Waals surface area contributed by atoms with Crippen LogP contribution in [0.15, 0.2) is 21.5 Å². The Morgan fingerprint density at radius 3 is 2.59 bits per heavy atom. The van der Waals surface area contributed by atoms with E-state index in [-0.39, 0.29) is 23.5 Å². The van der Waals surface area contributed by atoms with Crippen molar-refractivity contribution in [2.24, 2.45) is 0 Å². The van der Waals surface area contributed by atoms with Crippen molar-refractivity contribution in [3.05, 3.63) is 27.1 Å². The van der Waals surface area contributed by atoms with Crippen molar-refractivity contribution in [1.82, 2.24) is 9.80 Å². The minimum Gasteiger partial charge on any atom is -0.490 e. The lowest BCUT2D eigenvalue weighted by molar-refractivity contribution is -0.136. The summed E-state index contributed by atoms with van der Waals surface area (Å²) < 4.78 is 12.4. The van der Waals surface area contributed by atoms with Crippen LogP contribution in [0.25, 0.3) is 6.08 Å². The monoisotopic (exact) mass is 524 g/mol. The summed E-state index contributed by atoms with van der Waals surface area (Å²) in [5.41, 5.74) is 0.699. The average Bonchev–Trinajstić information content (AvgIpc) is 3.04. The van der Waals surface area contributed by atoms with Gasteiger partial charge in [0.05, 0.1) is 22.1 Å². The second-order valence-corrected chi connectivity index (χ2v) is 9.66. The van der Waals surface area contributed by atoms with Crippen molar-refractivity contribution in [2.75, 3.05) is 26.2 Å². The zero-order valence-electron chi connectivity index (χ0n) is 18.7. The quantitative estimate of drug-likeness (QED) is 0.441. The molecule has 0 N–H and O–H groups in total. The number of benzene rings is 1. The lowest BCUT2D eigenvalue weighted by Crippen LogP contribution is -2.44. The van der Waals surface area contributed by atoms with Gasteiger partial charge < -0.3 is 14.4 Å². The lowest BCUT2D eigenvalue weighted by atomic mass is 10.1. The Morgan fingerprint density at radius 1 is 1.22 bits per heavy atom. The fourth-order valence-electron chi connectivity index (χ4n) is 3.50. The van der Waals surface area contributed by atoms with Gasteiger partial charge in [-0.15, -0.1) is 0 Å². The van der Waals surface area contributed by atoms with Crippen molar-refractivity contribution in [3.8, 4) is 11.5 Å². The molecule has 2 heterocycles. The van der Waals surface area contributed by atoms with Crippen LogP contribution < -0.4 is 9.47 Å². The molecular weight excluding hydrogens is 496 g/mol. The highest BCUT2D eigenvalue weighted by Crippen LogP contribution is 2.40. The lowest BCUT2D eigenvalue weighted by Gasteiger charge is -2.27. The molecule has 2 aliphatic heterocycles. The van der Waals surface area contributed by atoms with E-state index in [0.29, 0.717) is 41.2 Å². The zero-order valence-corrected chi connectivity index (χ0v) is 21.1. The number of amides is 3. The summed E-state index contributed by atoms with van der Waals surface area (Å²) in [6.07, 6.45) is 5.54. The van der Waals surface area contributed by atoms with E-state index in [0.717, 1.165) is 42.3 Å². The van der Waals surface area contributed by atoms with Gasteiger partial charge in [-0.05, 0) is 91.0 Å². The molecule has 2 saturated heterocycles. The van der Waals surface area contributed by atoms with Crippen LogP contribution in [0.1, 0.15) is 52.0 Å². The molecule has 9 heteroatoms. The van der Waals surface area contributed by atoms with Crippen molar-refractivity contribution >= 4 is 50.8 Å². The molecule has 0 bridgehead atoms. The van der Waals surface area contributed by atoms with E-state index < -0.39 is 11.1 Å². The van der Waals surface area contributed by atoms with E-state index >= 15 is 0 Å². The summed E-state index contributed by atoms with van der Waals surface area (Å²) in [6, 6.07) is 3.62. The van der Waals surface area contributed by atoms with E-state index in [2.05, 4.69) is 15.9 Å². The third-order valence-electron chi connectivity index (χ3n) is 5.40. The first-order chi connectivity index (χ1) is 15.3. The predicted octanol–water partition coefficient (Wildman–Crippen LogP) is 5.07. The SMILES string of the molecule is CCOc1cc(/C=C2\SC(=O)N(CC(=O)N3CCCCC3)C2=O)cc(Br)c1O[C@H](C)CC. The fraction of sp³-hybridized carbons (Fsp3) is 0.522. The second-order valence-electron chi connectivity index (χ2n) is 7.81. The number of nitrogens with zero attached hydrogens (tertiary/aromatic N) is 2. The molecule has 1 aromatic carbocycles. The third-order valence-corrected chi connectivity index (χ3v) is 6.90. The Kier molecular flexibility index (Phi) is 8.64. The number of ether oxygens (including phenoxy) is 2. The molecule has 2 fully saturated rings. The molecule has 32 heavy (non-hydrogen) atoms. The Labute approximate surface area is 201 Å². The molecular formula is C23H29BrN2O5S. The number of imide groups is 1. The summed E-state index contributed by atoms with van der Waals surface area (Å²) >= 11 is 4.39. The topological polar surface area (TPSA) is 76.2 Å². The zero-order chi connectivity index (χ0) is 23.3. The van der Waals surface area contributed by atoms with Gasteiger partial charge >= 0.3 is 0 Å². The van der Waals surface area contributed by atoms with Gasteiger partial charge in [0.25, 0.3) is 11.1 Å². The van der Waals surface area contributed by atoms with Crippen LogP contribution in [-0.4, -0.2) is 59.2 Å². The van der Waals surface area contributed by atoms with Crippen LogP contribution in [0.4, 0.5) is 4.79 Å². The van der Waals surface area contributed by atoms with Crippen LogP contribution in [0.2, 0.25) is 0 Å². The van der Waals surface area contributed by atoms with Crippen molar-refractivity contribution in [3.63, 3.8) is 0 Å². The summed E-state index contributed by atoms with van der Waals surface area (Å²) in [7, 11) is 0. The van der Waals surface area contributed by atoms with Gasteiger partial charge in [0, 0.05) is 13.1 Å². The number of piperidine rings is 1. The molecule has 2 aliphatic rings. The minimum absolute atomic E-state index is 0.0188. The van der Waals surface area contributed by atoms with Crippen LogP contribution in [-0.2, 0) is 9.59 Å². The maximum absolute atomic E-state index is 12.9. The molecule has 0 aliphatic carbocycles. The highest BCUT2D eigenvalue weighted by molar-refractivity contribution is 9.10. The molecule has 0 radical (unpaired) electrons. The van der Waals surface area contributed by atoms with Crippen molar-refractivity contribution in [1.29, 1.82) is 0 Å². The van der Waals surface area contributed by atoms with Crippen molar-refractivity contribution < 1.29 is 23.9 Å². The van der Waals surface area contributed by atoms with Gasteiger partial charge in [-0.3, -0.25) is 19.3 Å². The second kappa shape index (κ2) is 11.2. The van der Waals surface area contributed by atoms with Gasteiger partial charge in [0.15, 0.2) is 11.5 Å². The van der Waals surface area contributed by atoms with Gasteiger partial charge in [-0.2, -0.15) is 0 Å². The van der Waals surface area contributed by atoms with Crippen LogP contribution in [0, 0.1) is 0 Å². The Balaban J connectivity index is 1.79. The van der Waals surface area contributed by atoms with E-state index in [1.807, 2.05) is 26.8 Å². The first kappa shape index (κ1) is 24.6. The number of carbonyl (C=O) groups is 3. The van der Waals surface area contributed by atoms with Crippen LogP contribution in [0.3, 0.4) is 0 Å². The van der Waals surface area contributed by atoms with Gasteiger partial charge in [0.2, 0.25) is 5.91 Å². The molecule has 0 saturated carbocycles. The molecule has 0 aromatic heterocycles. The number of hydrogen-bond acceptors (Lipinski definition) is 6. The van der Waals surface area contributed by atoms with Crippen LogP contribution >= 0.6 is 27.7 Å². The molecule has 1 aromatic rings. The largest absolute Gasteiger partial charge is 0.490 e. The van der Waals surface area contributed by atoms with Gasteiger partial charge in [-0.1, -0.05) is 6.92 Å². The molecule has 7 nitrogen and oxygen atoms in total. The molecule has 1 atom stereocenters.